The molecular weight excluding hydrogens is 518 g/mol. The largest absolute Gasteiger partial charge is 1.00 e. The molecule has 0 saturated carbocycles. The number of ether oxygens (including phenoxy) is 2. The molecule has 0 amide bonds. The van der Waals surface area contributed by atoms with E-state index in [0.717, 1.165) is 17.3 Å². The van der Waals surface area contributed by atoms with E-state index < -0.39 is 17.5 Å². The summed E-state index contributed by atoms with van der Waals surface area (Å²) in [5.41, 5.74) is -1.72. The van der Waals surface area contributed by atoms with Gasteiger partial charge >= 0.3 is 11.9 Å². The Hall–Kier alpha value is -1.30. The molecule has 3 aliphatic rings. The van der Waals surface area contributed by atoms with Crippen LogP contribution in [-0.4, -0.2) is 71.1 Å². The third kappa shape index (κ3) is 4.41. The number of hydrogen-bond acceptors (Lipinski definition) is 7. The molecule has 1 unspecified atom stereocenters. The SMILES string of the molecule is CCC(=O)O.C[N+]1(C)[C@@H]2CC(OC(=O)C(O)(c3cccs3)c3cccs3)C[C@H]1[C@@H]1O[C@@H]12.[Br-]. The Kier molecular flexibility index (Phi) is 7.53. The van der Waals surface area contributed by atoms with Gasteiger partial charge in [-0.25, -0.2) is 4.79 Å². The average Bonchev–Trinajstić information content (AvgIpc) is 3.09. The van der Waals surface area contributed by atoms with Crippen molar-refractivity contribution in [3.63, 3.8) is 0 Å². The van der Waals surface area contributed by atoms with Crippen LogP contribution in [0.4, 0.5) is 0 Å². The number of halogens is 1. The summed E-state index contributed by atoms with van der Waals surface area (Å²) in [5.74, 6) is -1.31. The number of carboxylic acid groups (broad SMARTS) is 1. The van der Waals surface area contributed by atoms with Crippen LogP contribution in [0.5, 0.6) is 0 Å². The third-order valence-electron chi connectivity index (χ3n) is 6.67. The summed E-state index contributed by atoms with van der Waals surface area (Å²) >= 11 is 2.74. The summed E-state index contributed by atoms with van der Waals surface area (Å²) in [6.07, 6.45) is 2.27. The van der Waals surface area contributed by atoms with Crippen molar-refractivity contribution in [1.29, 1.82) is 0 Å². The highest BCUT2D eigenvalue weighted by Gasteiger charge is 2.71. The Morgan fingerprint density at radius 1 is 1.12 bits per heavy atom. The number of epoxide rings is 1. The standard InChI is InChI=1S/C19H22NO4S2.C3H6O2.BrH/c1-20(2)12-9-11(10-13(20)17-16(12)24-17)23-18(21)19(22,14-5-3-7-25-14)15-6-4-8-26-15;1-2-3(4)5;/h3-8,11-13,16-17,22H,9-10H2,1-2H3;2H2,1H3,(H,4,5);1H/q+1;;/p-1/t11?,12-,13+,16-,17+;;. The van der Waals surface area contributed by atoms with E-state index in [1.807, 2.05) is 22.9 Å². The minimum absolute atomic E-state index is 0. The number of esters is 1. The van der Waals surface area contributed by atoms with Crippen LogP contribution >= 0.6 is 22.7 Å². The van der Waals surface area contributed by atoms with Gasteiger partial charge in [0.15, 0.2) is 0 Å². The van der Waals surface area contributed by atoms with Crippen LogP contribution in [0, 0.1) is 0 Å². The Balaban J connectivity index is 0.000000438. The van der Waals surface area contributed by atoms with Gasteiger partial charge in [0.1, 0.15) is 30.4 Å². The van der Waals surface area contributed by atoms with E-state index in [2.05, 4.69) is 14.1 Å². The molecule has 0 aliphatic carbocycles. The zero-order chi connectivity index (χ0) is 22.4. The average molecular weight is 547 g/mol. The number of hydrogen-bond donors (Lipinski definition) is 2. The molecule has 5 rings (SSSR count). The lowest BCUT2D eigenvalue weighted by molar-refractivity contribution is -0.938. The number of thiophene rings is 2. The number of aliphatic carboxylic acids is 1. The summed E-state index contributed by atoms with van der Waals surface area (Å²) in [6, 6.07) is 8.01. The van der Waals surface area contributed by atoms with Gasteiger partial charge < -0.3 is 41.2 Å². The molecule has 0 radical (unpaired) electrons. The number of quaternary nitrogens is 1. The molecule has 3 fully saturated rings. The van der Waals surface area contributed by atoms with Gasteiger partial charge in [0.2, 0.25) is 5.60 Å². The first-order valence-corrected chi connectivity index (χ1v) is 12.2. The van der Waals surface area contributed by atoms with Crippen LogP contribution in [0.2, 0.25) is 0 Å². The number of fused-ring (bicyclic) bond motifs is 5. The maximum Gasteiger partial charge on any atom is 0.349 e. The molecule has 3 saturated heterocycles. The van der Waals surface area contributed by atoms with Gasteiger partial charge in [0.05, 0.1) is 23.8 Å². The quantitative estimate of drug-likeness (QED) is 0.307. The first kappa shape index (κ1) is 25.3. The fraction of sp³-hybridized carbons (Fsp3) is 0.545. The molecule has 2 aromatic heterocycles. The molecule has 2 N–H and O–H groups in total. The van der Waals surface area contributed by atoms with Crippen molar-refractivity contribution >= 4 is 34.6 Å². The molecule has 0 spiro atoms. The Labute approximate surface area is 205 Å². The molecule has 5 atom stereocenters. The minimum Gasteiger partial charge on any atom is -1.00 e. The van der Waals surface area contributed by atoms with Crippen LogP contribution in [0.3, 0.4) is 0 Å². The van der Waals surface area contributed by atoms with E-state index in [0.29, 0.717) is 34.0 Å². The van der Waals surface area contributed by atoms with Crippen LogP contribution in [0.15, 0.2) is 35.0 Å². The second-order valence-corrected chi connectivity index (χ2v) is 10.6. The molecule has 3 aliphatic heterocycles. The summed E-state index contributed by atoms with van der Waals surface area (Å²) < 4.78 is 12.6. The van der Waals surface area contributed by atoms with Gasteiger partial charge in [-0.2, -0.15) is 0 Å². The van der Waals surface area contributed by atoms with Gasteiger partial charge in [0, 0.05) is 19.3 Å². The molecule has 2 aromatic rings. The molecule has 176 valence electrons. The number of likely N-dealkylation sites (N-methyl/N-ethyl adjacent to an activating group) is 1. The number of aliphatic hydroxyl groups is 1. The monoisotopic (exact) mass is 545 g/mol. The smallest absolute Gasteiger partial charge is 0.349 e. The van der Waals surface area contributed by atoms with Gasteiger partial charge in [-0.3, -0.25) is 4.79 Å². The molecule has 32 heavy (non-hydrogen) atoms. The number of rotatable bonds is 5. The van der Waals surface area contributed by atoms with Crippen molar-refractivity contribution in [1.82, 2.24) is 0 Å². The zero-order valence-electron chi connectivity index (χ0n) is 18.1. The molecule has 5 heterocycles. The Morgan fingerprint density at radius 3 is 1.97 bits per heavy atom. The Morgan fingerprint density at radius 2 is 1.59 bits per heavy atom. The van der Waals surface area contributed by atoms with E-state index in [1.165, 1.54) is 22.7 Å². The zero-order valence-corrected chi connectivity index (χ0v) is 21.4. The number of piperidine rings is 1. The van der Waals surface area contributed by atoms with Gasteiger partial charge in [-0.15, -0.1) is 22.7 Å². The lowest BCUT2D eigenvalue weighted by Crippen LogP contribution is -3.00. The van der Waals surface area contributed by atoms with Gasteiger partial charge in [-0.05, 0) is 22.9 Å². The van der Waals surface area contributed by atoms with Crippen LogP contribution in [0.1, 0.15) is 35.9 Å². The number of carbonyl (C=O) groups excluding carboxylic acids is 1. The van der Waals surface area contributed by atoms with E-state index >= 15 is 0 Å². The first-order chi connectivity index (χ1) is 14.7. The van der Waals surface area contributed by atoms with E-state index in [4.69, 9.17) is 14.6 Å². The van der Waals surface area contributed by atoms with Crippen molar-refractivity contribution in [2.45, 2.75) is 62.2 Å². The molecule has 0 aromatic carbocycles. The lowest BCUT2D eigenvalue weighted by Gasteiger charge is -2.45. The highest BCUT2D eigenvalue weighted by molar-refractivity contribution is 7.12. The van der Waals surface area contributed by atoms with Gasteiger partial charge in [-0.1, -0.05) is 19.1 Å². The van der Waals surface area contributed by atoms with Gasteiger partial charge in [0.25, 0.3) is 0 Å². The summed E-state index contributed by atoms with van der Waals surface area (Å²) in [4.78, 5) is 23.7. The van der Waals surface area contributed by atoms with E-state index in [-0.39, 0.29) is 29.5 Å². The maximum atomic E-state index is 13.1. The minimum atomic E-state index is -1.72. The van der Waals surface area contributed by atoms with Crippen molar-refractivity contribution in [3.05, 3.63) is 44.8 Å². The fourth-order valence-electron chi connectivity index (χ4n) is 4.83. The summed E-state index contributed by atoms with van der Waals surface area (Å²) in [6.45, 7) is 1.60. The summed E-state index contributed by atoms with van der Waals surface area (Å²) in [7, 11) is 4.49. The van der Waals surface area contributed by atoms with Crippen LogP contribution < -0.4 is 17.0 Å². The topological polar surface area (TPSA) is 96.4 Å². The van der Waals surface area contributed by atoms with E-state index in [1.54, 1.807) is 19.1 Å². The molecule has 2 bridgehead atoms. The van der Waals surface area contributed by atoms with Crippen molar-refractivity contribution in [2.75, 3.05) is 14.1 Å². The second kappa shape index (κ2) is 9.52. The normalized spacial score (nSPS) is 29.1. The van der Waals surface area contributed by atoms with E-state index in [9.17, 15) is 14.7 Å². The fourth-order valence-corrected chi connectivity index (χ4v) is 6.54. The van der Waals surface area contributed by atoms with Crippen LogP contribution in [-0.2, 0) is 24.7 Å². The summed E-state index contributed by atoms with van der Waals surface area (Å²) in [5, 5.41) is 22.8. The molecule has 10 heteroatoms. The third-order valence-corrected chi connectivity index (χ3v) is 8.62. The van der Waals surface area contributed by atoms with Crippen molar-refractivity contribution in [3.8, 4) is 0 Å². The maximum absolute atomic E-state index is 13.1. The number of carboxylic acids is 1. The predicted molar refractivity (Wildman–Crippen MR) is 117 cm³/mol. The number of carbonyl (C=O) groups is 2. The van der Waals surface area contributed by atoms with Crippen molar-refractivity contribution in [2.24, 2.45) is 0 Å². The van der Waals surface area contributed by atoms with Crippen LogP contribution in [0.25, 0.3) is 0 Å². The number of morpholine rings is 1. The number of nitrogens with zero attached hydrogens (tertiary/aromatic N) is 1. The molecule has 7 nitrogen and oxygen atoms in total. The Bertz CT molecular complexity index is 878. The second-order valence-electron chi connectivity index (χ2n) is 8.74. The molecular formula is C22H28BrNO6S2. The first-order valence-electron chi connectivity index (χ1n) is 10.4. The lowest BCUT2D eigenvalue weighted by atomic mass is 9.95. The predicted octanol–water partition coefficient (Wildman–Crippen LogP) is -0.169. The highest BCUT2D eigenvalue weighted by Crippen LogP contribution is 2.52. The van der Waals surface area contributed by atoms with Crippen molar-refractivity contribution < 1.29 is 50.7 Å². The highest BCUT2D eigenvalue weighted by atomic mass is 79.9.